The molecule has 0 saturated heterocycles. The highest BCUT2D eigenvalue weighted by atomic mass is 16.3. The number of hydrogen-bond donors (Lipinski definition) is 2. The van der Waals surface area contributed by atoms with E-state index < -0.39 is 5.60 Å². The van der Waals surface area contributed by atoms with Gasteiger partial charge in [0.05, 0.1) is 5.60 Å². The fourth-order valence-corrected chi connectivity index (χ4v) is 2.71. The van der Waals surface area contributed by atoms with E-state index in [1.165, 1.54) is 11.1 Å². The molecule has 1 aliphatic rings. The third-order valence-electron chi connectivity index (χ3n) is 3.98. The van der Waals surface area contributed by atoms with Crippen LogP contribution < -0.4 is 5.32 Å². The van der Waals surface area contributed by atoms with E-state index >= 15 is 0 Å². The van der Waals surface area contributed by atoms with E-state index in [4.69, 9.17) is 0 Å². The van der Waals surface area contributed by atoms with Gasteiger partial charge in [0, 0.05) is 12.5 Å². The molecule has 0 radical (unpaired) electrons. The van der Waals surface area contributed by atoms with Gasteiger partial charge in [-0.15, -0.1) is 0 Å². The fourth-order valence-electron chi connectivity index (χ4n) is 2.71. The molecule has 0 aromatic heterocycles. The molecule has 0 heterocycles. The summed E-state index contributed by atoms with van der Waals surface area (Å²) in [5.41, 5.74) is 2.04. The Bertz CT molecular complexity index is 350. The Balaban J connectivity index is 1.96. The quantitative estimate of drug-likeness (QED) is 0.840. The van der Waals surface area contributed by atoms with Gasteiger partial charge >= 0.3 is 0 Å². The molecule has 1 aliphatic carbocycles. The van der Waals surface area contributed by atoms with Crippen LogP contribution in [0.3, 0.4) is 0 Å². The zero-order chi connectivity index (χ0) is 12.3. The molecular formula is C15H23NO. The van der Waals surface area contributed by atoms with E-state index in [1.807, 2.05) is 7.05 Å². The third kappa shape index (κ3) is 3.30. The van der Waals surface area contributed by atoms with Gasteiger partial charge in [0.2, 0.25) is 0 Å². The van der Waals surface area contributed by atoms with E-state index in [0.717, 1.165) is 32.1 Å². The molecule has 1 saturated carbocycles. The SMILES string of the molecule is CNC1CCC(O)(Cc2ccc(C)cc2)CC1. The lowest BCUT2D eigenvalue weighted by molar-refractivity contribution is -0.00242. The Morgan fingerprint density at radius 1 is 1.24 bits per heavy atom. The van der Waals surface area contributed by atoms with Crippen molar-refractivity contribution >= 4 is 0 Å². The Morgan fingerprint density at radius 3 is 2.35 bits per heavy atom. The number of hydrogen-bond acceptors (Lipinski definition) is 2. The minimum atomic E-state index is -0.484. The van der Waals surface area contributed by atoms with Crippen LogP contribution in [0, 0.1) is 6.92 Å². The van der Waals surface area contributed by atoms with Gasteiger partial charge in [-0.3, -0.25) is 0 Å². The summed E-state index contributed by atoms with van der Waals surface area (Å²) in [6, 6.07) is 9.11. The van der Waals surface area contributed by atoms with Gasteiger partial charge in [-0.1, -0.05) is 29.8 Å². The molecule has 2 nitrogen and oxygen atoms in total. The molecule has 0 unspecified atom stereocenters. The smallest absolute Gasteiger partial charge is 0.0689 e. The molecule has 0 spiro atoms. The molecular weight excluding hydrogens is 210 g/mol. The van der Waals surface area contributed by atoms with Crippen molar-refractivity contribution < 1.29 is 5.11 Å². The number of nitrogens with one attached hydrogen (secondary N) is 1. The average molecular weight is 233 g/mol. The first kappa shape index (κ1) is 12.6. The van der Waals surface area contributed by atoms with Crippen LogP contribution in [0.25, 0.3) is 0 Å². The van der Waals surface area contributed by atoms with Crippen molar-refractivity contribution in [2.24, 2.45) is 0 Å². The van der Waals surface area contributed by atoms with Crippen LogP contribution in [0.1, 0.15) is 36.8 Å². The number of aryl methyl sites for hydroxylation is 1. The van der Waals surface area contributed by atoms with Crippen LogP contribution in [0.5, 0.6) is 0 Å². The standard InChI is InChI=1S/C15H23NO/c1-12-3-5-13(6-4-12)11-15(17)9-7-14(16-2)8-10-15/h3-6,14,16-17H,7-11H2,1-2H3. The minimum Gasteiger partial charge on any atom is -0.390 e. The summed E-state index contributed by atoms with van der Waals surface area (Å²) in [6.45, 7) is 2.09. The number of rotatable bonds is 3. The number of benzene rings is 1. The van der Waals surface area contributed by atoms with E-state index in [0.29, 0.717) is 6.04 Å². The lowest BCUT2D eigenvalue weighted by Crippen LogP contribution is -2.41. The van der Waals surface area contributed by atoms with Crippen LogP contribution in [0.4, 0.5) is 0 Å². The van der Waals surface area contributed by atoms with Crippen molar-refractivity contribution in [3.63, 3.8) is 0 Å². The van der Waals surface area contributed by atoms with Crippen LogP contribution in [-0.4, -0.2) is 23.8 Å². The molecule has 94 valence electrons. The second kappa shape index (κ2) is 5.19. The Hall–Kier alpha value is -0.860. The summed E-state index contributed by atoms with van der Waals surface area (Å²) in [7, 11) is 2.01. The van der Waals surface area contributed by atoms with Gasteiger partial charge in [0.25, 0.3) is 0 Å². The fraction of sp³-hybridized carbons (Fsp3) is 0.600. The molecule has 0 atom stereocenters. The highest BCUT2D eigenvalue weighted by molar-refractivity contribution is 5.23. The summed E-state index contributed by atoms with van der Waals surface area (Å²) < 4.78 is 0. The second-order valence-corrected chi connectivity index (χ2v) is 5.45. The van der Waals surface area contributed by atoms with E-state index in [9.17, 15) is 5.11 Å². The van der Waals surface area contributed by atoms with Gasteiger partial charge in [0.1, 0.15) is 0 Å². The van der Waals surface area contributed by atoms with Crippen LogP contribution in [0.15, 0.2) is 24.3 Å². The van der Waals surface area contributed by atoms with E-state index in [-0.39, 0.29) is 0 Å². The molecule has 2 rings (SSSR count). The van der Waals surface area contributed by atoms with Crippen molar-refractivity contribution in [1.29, 1.82) is 0 Å². The van der Waals surface area contributed by atoms with Crippen molar-refractivity contribution in [2.75, 3.05) is 7.05 Å². The monoisotopic (exact) mass is 233 g/mol. The Kier molecular flexibility index (Phi) is 3.85. The Morgan fingerprint density at radius 2 is 1.82 bits per heavy atom. The van der Waals surface area contributed by atoms with Gasteiger partial charge in [-0.2, -0.15) is 0 Å². The molecule has 0 aliphatic heterocycles. The second-order valence-electron chi connectivity index (χ2n) is 5.45. The van der Waals surface area contributed by atoms with Gasteiger partial charge in [-0.25, -0.2) is 0 Å². The minimum absolute atomic E-state index is 0.484. The molecule has 0 amide bonds. The maximum atomic E-state index is 10.6. The van der Waals surface area contributed by atoms with Crippen LogP contribution in [0.2, 0.25) is 0 Å². The molecule has 0 bridgehead atoms. The predicted octanol–water partition coefficient (Wildman–Crippen LogP) is 2.43. The summed E-state index contributed by atoms with van der Waals surface area (Å²) in [5, 5.41) is 13.9. The van der Waals surface area contributed by atoms with E-state index in [2.05, 4.69) is 36.5 Å². The van der Waals surface area contributed by atoms with Crippen molar-refractivity contribution in [1.82, 2.24) is 5.32 Å². The molecule has 17 heavy (non-hydrogen) atoms. The molecule has 1 aromatic carbocycles. The first-order valence-electron chi connectivity index (χ1n) is 6.56. The van der Waals surface area contributed by atoms with Gasteiger partial charge in [-0.05, 0) is 45.2 Å². The summed E-state index contributed by atoms with van der Waals surface area (Å²) in [5.74, 6) is 0. The largest absolute Gasteiger partial charge is 0.390 e. The lowest BCUT2D eigenvalue weighted by Gasteiger charge is -2.36. The maximum absolute atomic E-state index is 10.6. The number of aliphatic hydroxyl groups is 1. The van der Waals surface area contributed by atoms with E-state index in [1.54, 1.807) is 0 Å². The summed E-state index contributed by atoms with van der Waals surface area (Å²) >= 11 is 0. The lowest BCUT2D eigenvalue weighted by atomic mass is 9.78. The molecule has 2 N–H and O–H groups in total. The normalized spacial score (nSPS) is 29.2. The van der Waals surface area contributed by atoms with Crippen LogP contribution in [-0.2, 0) is 6.42 Å². The van der Waals surface area contributed by atoms with Gasteiger partial charge < -0.3 is 10.4 Å². The summed E-state index contributed by atoms with van der Waals surface area (Å²) in [4.78, 5) is 0. The first-order valence-corrected chi connectivity index (χ1v) is 6.56. The highest BCUT2D eigenvalue weighted by Gasteiger charge is 2.32. The first-order chi connectivity index (χ1) is 8.11. The van der Waals surface area contributed by atoms with Crippen LogP contribution >= 0.6 is 0 Å². The maximum Gasteiger partial charge on any atom is 0.0689 e. The molecule has 1 aromatic rings. The van der Waals surface area contributed by atoms with Gasteiger partial charge in [0.15, 0.2) is 0 Å². The molecule has 1 fully saturated rings. The average Bonchev–Trinajstić information content (AvgIpc) is 2.33. The van der Waals surface area contributed by atoms with Crippen molar-refractivity contribution in [2.45, 2.75) is 50.7 Å². The topological polar surface area (TPSA) is 32.3 Å². The zero-order valence-corrected chi connectivity index (χ0v) is 10.9. The third-order valence-corrected chi connectivity index (χ3v) is 3.98. The van der Waals surface area contributed by atoms with Crippen molar-refractivity contribution in [3.05, 3.63) is 35.4 Å². The van der Waals surface area contributed by atoms with Crippen molar-refractivity contribution in [3.8, 4) is 0 Å². The Labute approximate surface area is 104 Å². The molecule has 2 heteroatoms. The highest BCUT2D eigenvalue weighted by Crippen LogP contribution is 2.31. The predicted molar refractivity (Wildman–Crippen MR) is 71.1 cm³/mol. The summed E-state index contributed by atoms with van der Waals surface area (Å²) in [6.07, 6.45) is 4.78. The zero-order valence-electron chi connectivity index (χ0n) is 10.9.